The molecule has 0 radical (unpaired) electrons. The molecule has 0 aliphatic rings. The van der Waals surface area contributed by atoms with Gasteiger partial charge in [-0.1, -0.05) is 6.07 Å². The summed E-state index contributed by atoms with van der Waals surface area (Å²) in [5, 5.41) is 9.70. The van der Waals surface area contributed by atoms with E-state index in [0.29, 0.717) is 25.0 Å². The Morgan fingerprint density at radius 3 is 2.70 bits per heavy atom. The molecule has 0 atom stereocenters. The number of pyridine rings is 1. The lowest BCUT2D eigenvalue weighted by Gasteiger charge is -2.20. The second kappa shape index (κ2) is 6.37. The van der Waals surface area contributed by atoms with E-state index < -0.39 is 11.5 Å². The van der Waals surface area contributed by atoms with Crippen LogP contribution in [-0.4, -0.2) is 50.4 Å². The molecule has 0 spiro atoms. The number of carbonyl (C=O) groups excluding carboxylic acids is 2. The number of carbonyl (C=O) groups is 2. The van der Waals surface area contributed by atoms with Crippen LogP contribution in [-0.2, 0) is 0 Å². The van der Waals surface area contributed by atoms with E-state index in [4.69, 9.17) is 5.73 Å². The maximum absolute atomic E-state index is 12.4. The smallest absolute Gasteiger partial charge is 0.273 e. The quantitative estimate of drug-likeness (QED) is 0.831. The minimum Gasteiger partial charge on any atom is -0.390 e. The first kappa shape index (κ1) is 17.0. The molecule has 0 fully saturated rings. The van der Waals surface area contributed by atoms with Gasteiger partial charge in [0.25, 0.3) is 11.8 Å². The van der Waals surface area contributed by atoms with E-state index >= 15 is 0 Å². The normalized spacial score (nSPS) is 11.7. The van der Waals surface area contributed by atoms with Crippen molar-refractivity contribution in [2.24, 2.45) is 5.73 Å². The van der Waals surface area contributed by atoms with Gasteiger partial charge in [0, 0.05) is 19.8 Å². The zero-order chi connectivity index (χ0) is 17.2. The van der Waals surface area contributed by atoms with Crippen LogP contribution >= 0.6 is 0 Å². The average Bonchev–Trinajstić information content (AvgIpc) is 2.88. The summed E-state index contributed by atoms with van der Waals surface area (Å²) in [7, 11) is 1.69. The second-order valence-corrected chi connectivity index (χ2v) is 6.27. The van der Waals surface area contributed by atoms with Gasteiger partial charge in [0.15, 0.2) is 0 Å². The number of primary amides is 1. The van der Waals surface area contributed by atoms with Crippen LogP contribution in [0.3, 0.4) is 0 Å². The summed E-state index contributed by atoms with van der Waals surface area (Å²) in [6.45, 7) is 3.99. The highest BCUT2D eigenvalue weighted by Gasteiger charge is 2.18. The van der Waals surface area contributed by atoms with Gasteiger partial charge in [-0.3, -0.25) is 14.0 Å². The number of nitrogens with two attached hydrogens (primary N) is 1. The average molecular weight is 318 g/mol. The predicted octanol–water partition coefficient (Wildman–Crippen LogP) is 1.06. The fourth-order valence-corrected chi connectivity index (χ4v) is 2.36. The Labute approximate surface area is 134 Å². The molecule has 0 aromatic carbocycles. The number of fused-ring (bicyclic) bond motifs is 1. The zero-order valence-electron chi connectivity index (χ0n) is 13.6. The maximum Gasteiger partial charge on any atom is 0.273 e. The van der Waals surface area contributed by atoms with E-state index in [-0.39, 0.29) is 17.3 Å². The summed E-state index contributed by atoms with van der Waals surface area (Å²) in [5.74, 6) is -0.814. The largest absolute Gasteiger partial charge is 0.390 e. The second-order valence-electron chi connectivity index (χ2n) is 6.27. The molecule has 0 saturated heterocycles. The van der Waals surface area contributed by atoms with Gasteiger partial charge in [-0.05, 0) is 38.8 Å². The number of imidazole rings is 1. The Kier molecular flexibility index (Phi) is 4.70. The molecule has 23 heavy (non-hydrogen) atoms. The Morgan fingerprint density at radius 1 is 1.39 bits per heavy atom. The fraction of sp³-hybridized carbons (Fsp3) is 0.438. The first-order valence-corrected chi connectivity index (χ1v) is 7.45. The fourth-order valence-electron chi connectivity index (χ4n) is 2.36. The summed E-state index contributed by atoms with van der Waals surface area (Å²) in [6, 6.07) is 4.96. The number of aliphatic hydroxyl groups is 1. The summed E-state index contributed by atoms with van der Waals surface area (Å²) < 4.78 is 1.51. The summed E-state index contributed by atoms with van der Waals surface area (Å²) in [5.41, 5.74) is 5.60. The SMILES string of the molecule is CN(CCCC(C)(C)O)C(=O)c1cn2c(C(N)=O)cccc2n1. The van der Waals surface area contributed by atoms with Gasteiger partial charge in [0.1, 0.15) is 17.0 Å². The lowest BCUT2D eigenvalue weighted by Crippen LogP contribution is -2.29. The van der Waals surface area contributed by atoms with Crippen LogP contribution in [0.25, 0.3) is 5.65 Å². The van der Waals surface area contributed by atoms with Crippen LogP contribution in [0.15, 0.2) is 24.4 Å². The van der Waals surface area contributed by atoms with Gasteiger partial charge in [-0.15, -0.1) is 0 Å². The van der Waals surface area contributed by atoms with Crippen molar-refractivity contribution >= 4 is 17.5 Å². The zero-order valence-corrected chi connectivity index (χ0v) is 13.6. The molecule has 7 nitrogen and oxygen atoms in total. The van der Waals surface area contributed by atoms with Gasteiger partial charge in [-0.25, -0.2) is 4.98 Å². The van der Waals surface area contributed by atoms with E-state index in [0.717, 1.165) is 0 Å². The Hall–Kier alpha value is -2.41. The molecule has 3 N–H and O–H groups in total. The molecule has 0 unspecified atom stereocenters. The van der Waals surface area contributed by atoms with E-state index in [2.05, 4.69) is 4.98 Å². The van der Waals surface area contributed by atoms with Crippen molar-refractivity contribution in [3.05, 3.63) is 35.8 Å². The van der Waals surface area contributed by atoms with E-state index in [1.54, 1.807) is 44.0 Å². The third-order valence-electron chi connectivity index (χ3n) is 3.59. The van der Waals surface area contributed by atoms with Crippen LogP contribution in [0.4, 0.5) is 0 Å². The van der Waals surface area contributed by atoms with Gasteiger partial charge in [-0.2, -0.15) is 0 Å². The summed E-state index contributed by atoms with van der Waals surface area (Å²) in [6.07, 6.45) is 2.80. The maximum atomic E-state index is 12.4. The van der Waals surface area contributed by atoms with Crippen molar-refractivity contribution in [1.82, 2.24) is 14.3 Å². The molecule has 2 aromatic heterocycles. The van der Waals surface area contributed by atoms with Crippen LogP contribution in [0.2, 0.25) is 0 Å². The minimum absolute atomic E-state index is 0.236. The summed E-state index contributed by atoms with van der Waals surface area (Å²) >= 11 is 0. The number of rotatable bonds is 6. The van der Waals surface area contributed by atoms with Crippen LogP contribution in [0, 0.1) is 0 Å². The molecule has 2 aromatic rings. The molecule has 124 valence electrons. The minimum atomic E-state index is -0.747. The Balaban J connectivity index is 2.15. The van der Waals surface area contributed by atoms with Crippen molar-refractivity contribution in [3.8, 4) is 0 Å². The number of amides is 2. The lowest BCUT2D eigenvalue weighted by atomic mass is 10.0. The predicted molar refractivity (Wildman–Crippen MR) is 86.2 cm³/mol. The number of aromatic nitrogens is 2. The summed E-state index contributed by atoms with van der Waals surface area (Å²) in [4.78, 5) is 29.6. The molecule has 0 aliphatic carbocycles. The van der Waals surface area contributed by atoms with E-state index in [9.17, 15) is 14.7 Å². The molecule has 2 amide bonds. The first-order chi connectivity index (χ1) is 10.7. The lowest BCUT2D eigenvalue weighted by molar-refractivity contribution is 0.0614. The Morgan fingerprint density at radius 2 is 2.09 bits per heavy atom. The van der Waals surface area contributed by atoms with Crippen LogP contribution < -0.4 is 5.73 Å². The van der Waals surface area contributed by atoms with Crippen molar-refractivity contribution < 1.29 is 14.7 Å². The number of nitrogens with zero attached hydrogens (tertiary/aromatic N) is 3. The Bertz CT molecular complexity index is 730. The van der Waals surface area contributed by atoms with Gasteiger partial charge >= 0.3 is 0 Å². The van der Waals surface area contributed by atoms with Crippen LogP contribution in [0.5, 0.6) is 0 Å². The van der Waals surface area contributed by atoms with Gasteiger partial charge in [0.2, 0.25) is 0 Å². The standard InChI is InChI=1S/C16H22N4O3/c1-16(2,23)8-5-9-19(3)15(22)11-10-20-12(14(17)21)6-4-7-13(20)18-11/h4,6-7,10,23H,5,8-9H2,1-3H3,(H2,17,21). The van der Waals surface area contributed by atoms with Crippen molar-refractivity contribution in [2.75, 3.05) is 13.6 Å². The molecule has 2 heterocycles. The highest BCUT2D eigenvalue weighted by molar-refractivity contribution is 5.94. The van der Waals surface area contributed by atoms with Gasteiger partial charge in [0.05, 0.1) is 5.60 Å². The van der Waals surface area contributed by atoms with Gasteiger partial charge < -0.3 is 15.7 Å². The van der Waals surface area contributed by atoms with Crippen LogP contribution in [0.1, 0.15) is 47.7 Å². The first-order valence-electron chi connectivity index (χ1n) is 7.45. The molecule has 2 rings (SSSR count). The monoisotopic (exact) mass is 318 g/mol. The molecule has 0 aliphatic heterocycles. The molecule has 0 saturated carbocycles. The molecule has 0 bridgehead atoms. The third-order valence-corrected chi connectivity index (χ3v) is 3.59. The van der Waals surface area contributed by atoms with E-state index in [1.807, 2.05) is 0 Å². The topological polar surface area (TPSA) is 101 Å². The number of hydrogen-bond donors (Lipinski definition) is 2. The number of hydrogen-bond acceptors (Lipinski definition) is 4. The van der Waals surface area contributed by atoms with E-state index in [1.165, 1.54) is 10.6 Å². The molecule has 7 heteroatoms. The third kappa shape index (κ3) is 4.07. The molecular formula is C16H22N4O3. The molecular weight excluding hydrogens is 296 g/mol. The van der Waals surface area contributed by atoms with Crippen molar-refractivity contribution in [2.45, 2.75) is 32.3 Å². The van der Waals surface area contributed by atoms with Crippen molar-refractivity contribution in [1.29, 1.82) is 0 Å². The highest BCUT2D eigenvalue weighted by atomic mass is 16.3. The van der Waals surface area contributed by atoms with Crippen molar-refractivity contribution in [3.63, 3.8) is 0 Å². The highest BCUT2D eigenvalue weighted by Crippen LogP contribution is 2.13.